The van der Waals surface area contributed by atoms with Crippen LogP contribution in [-0.4, -0.2) is 24.1 Å². The molecule has 5 heteroatoms. The zero-order chi connectivity index (χ0) is 14.0. The summed E-state index contributed by atoms with van der Waals surface area (Å²) in [7, 11) is 0. The van der Waals surface area contributed by atoms with Crippen molar-refractivity contribution in [2.24, 2.45) is 16.3 Å². The third kappa shape index (κ3) is 3.13. The van der Waals surface area contributed by atoms with Gasteiger partial charge in [0.15, 0.2) is 5.84 Å². The highest BCUT2D eigenvalue weighted by atomic mass is 35.5. The van der Waals surface area contributed by atoms with Crippen LogP contribution in [-0.2, 0) is 0 Å². The van der Waals surface area contributed by atoms with E-state index in [0.717, 1.165) is 18.8 Å². The van der Waals surface area contributed by atoms with Crippen LogP contribution in [0.1, 0.15) is 32.3 Å². The molecule has 1 aliphatic heterocycles. The van der Waals surface area contributed by atoms with Crippen LogP contribution in [0.4, 0.5) is 5.69 Å². The molecule has 0 aromatic heterocycles. The fourth-order valence-corrected chi connectivity index (χ4v) is 2.88. The number of hydrogen-bond acceptors (Lipinski definition) is 3. The van der Waals surface area contributed by atoms with Crippen LogP contribution in [0.2, 0.25) is 5.02 Å². The van der Waals surface area contributed by atoms with E-state index in [1.807, 2.05) is 12.1 Å². The summed E-state index contributed by atoms with van der Waals surface area (Å²) in [6.07, 6.45) is 2.44. The summed E-state index contributed by atoms with van der Waals surface area (Å²) < 4.78 is 0. The van der Waals surface area contributed by atoms with Crippen LogP contribution in [0, 0.1) is 5.41 Å². The van der Waals surface area contributed by atoms with Crippen molar-refractivity contribution in [3.8, 4) is 0 Å². The summed E-state index contributed by atoms with van der Waals surface area (Å²) in [5.41, 5.74) is 7.55. The number of oxime groups is 1. The fraction of sp³-hybridized carbons (Fsp3) is 0.500. The van der Waals surface area contributed by atoms with Crippen molar-refractivity contribution in [1.82, 2.24) is 0 Å². The molecule has 0 amide bonds. The maximum absolute atomic E-state index is 8.69. The van der Waals surface area contributed by atoms with Gasteiger partial charge in [-0.15, -0.1) is 0 Å². The molecule has 104 valence electrons. The lowest BCUT2D eigenvalue weighted by Gasteiger charge is -2.39. The molecule has 1 aromatic rings. The molecule has 2 rings (SSSR count). The van der Waals surface area contributed by atoms with Gasteiger partial charge in [0.25, 0.3) is 0 Å². The van der Waals surface area contributed by atoms with E-state index < -0.39 is 0 Å². The number of amidine groups is 1. The predicted molar refractivity (Wildman–Crippen MR) is 79.2 cm³/mol. The zero-order valence-corrected chi connectivity index (χ0v) is 12.1. The van der Waals surface area contributed by atoms with E-state index in [9.17, 15) is 0 Å². The number of piperidine rings is 1. The largest absolute Gasteiger partial charge is 0.409 e. The monoisotopic (exact) mass is 281 g/mol. The molecule has 0 atom stereocenters. The highest BCUT2D eigenvalue weighted by Crippen LogP contribution is 2.33. The molecule has 0 radical (unpaired) electrons. The molecule has 0 spiro atoms. The molecular weight excluding hydrogens is 262 g/mol. The minimum absolute atomic E-state index is 0.0375. The molecule has 0 aliphatic carbocycles. The maximum Gasteiger partial charge on any atom is 0.171 e. The Kier molecular flexibility index (Phi) is 3.90. The SMILES string of the molecule is CC1(C)CCCN(c2ccc(C(N)=NO)c(Cl)c2)C1. The van der Waals surface area contributed by atoms with Gasteiger partial charge >= 0.3 is 0 Å². The van der Waals surface area contributed by atoms with E-state index in [-0.39, 0.29) is 5.84 Å². The van der Waals surface area contributed by atoms with Gasteiger partial charge in [-0.05, 0) is 36.5 Å². The van der Waals surface area contributed by atoms with Gasteiger partial charge in [0, 0.05) is 24.3 Å². The number of hydrogen-bond donors (Lipinski definition) is 2. The normalized spacial score (nSPS) is 19.5. The van der Waals surface area contributed by atoms with Crippen LogP contribution < -0.4 is 10.6 Å². The van der Waals surface area contributed by atoms with Gasteiger partial charge in [0.2, 0.25) is 0 Å². The van der Waals surface area contributed by atoms with Gasteiger partial charge in [-0.25, -0.2) is 0 Å². The minimum atomic E-state index is 0.0375. The molecule has 1 heterocycles. The minimum Gasteiger partial charge on any atom is -0.409 e. The lowest BCUT2D eigenvalue weighted by atomic mass is 9.84. The molecule has 0 unspecified atom stereocenters. The smallest absolute Gasteiger partial charge is 0.171 e. The lowest BCUT2D eigenvalue weighted by Crippen LogP contribution is -2.40. The van der Waals surface area contributed by atoms with Gasteiger partial charge in [-0.1, -0.05) is 30.6 Å². The van der Waals surface area contributed by atoms with Crippen molar-refractivity contribution in [1.29, 1.82) is 0 Å². The highest BCUT2D eigenvalue weighted by Gasteiger charge is 2.26. The molecule has 0 saturated carbocycles. The van der Waals surface area contributed by atoms with Crippen molar-refractivity contribution in [3.05, 3.63) is 28.8 Å². The van der Waals surface area contributed by atoms with E-state index in [2.05, 4.69) is 23.9 Å². The third-order valence-corrected chi connectivity index (χ3v) is 3.91. The first-order valence-corrected chi connectivity index (χ1v) is 6.83. The summed E-state index contributed by atoms with van der Waals surface area (Å²) in [6.45, 7) is 6.63. The Bertz CT molecular complexity index is 499. The molecule has 3 N–H and O–H groups in total. The van der Waals surface area contributed by atoms with Gasteiger partial charge in [-0.2, -0.15) is 0 Å². The zero-order valence-electron chi connectivity index (χ0n) is 11.4. The van der Waals surface area contributed by atoms with Crippen molar-refractivity contribution in [2.45, 2.75) is 26.7 Å². The molecule has 0 bridgehead atoms. The summed E-state index contributed by atoms with van der Waals surface area (Å²) in [5, 5.41) is 12.2. The van der Waals surface area contributed by atoms with Crippen LogP contribution in [0.5, 0.6) is 0 Å². The number of rotatable bonds is 2. The standard InChI is InChI=1S/C14H20ClN3O/c1-14(2)6-3-7-18(9-14)10-4-5-11(12(15)8-10)13(16)17-19/h4-5,8,19H,3,6-7,9H2,1-2H3,(H2,16,17). The van der Waals surface area contributed by atoms with Crippen LogP contribution in [0.15, 0.2) is 23.4 Å². The number of benzene rings is 1. The first-order chi connectivity index (χ1) is 8.93. The van der Waals surface area contributed by atoms with E-state index in [1.54, 1.807) is 6.07 Å². The van der Waals surface area contributed by atoms with Crippen molar-refractivity contribution in [2.75, 3.05) is 18.0 Å². The molecule has 1 fully saturated rings. The Morgan fingerprint density at radius 3 is 2.79 bits per heavy atom. The summed E-state index contributed by atoms with van der Waals surface area (Å²) in [5.74, 6) is 0.0375. The average Bonchev–Trinajstić information content (AvgIpc) is 2.36. The maximum atomic E-state index is 8.69. The van der Waals surface area contributed by atoms with E-state index >= 15 is 0 Å². The van der Waals surface area contributed by atoms with Gasteiger partial charge in [0.05, 0.1) is 5.02 Å². The summed E-state index contributed by atoms with van der Waals surface area (Å²) >= 11 is 6.19. The topological polar surface area (TPSA) is 61.8 Å². The van der Waals surface area contributed by atoms with Crippen LogP contribution in [0.25, 0.3) is 0 Å². The number of nitrogens with zero attached hydrogens (tertiary/aromatic N) is 2. The average molecular weight is 282 g/mol. The molecule has 4 nitrogen and oxygen atoms in total. The van der Waals surface area contributed by atoms with Gasteiger partial charge in [-0.3, -0.25) is 0 Å². The number of halogens is 1. The molecule has 19 heavy (non-hydrogen) atoms. The predicted octanol–water partition coefficient (Wildman–Crippen LogP) is 3.06. The van der Waals surface area contributed by atoms with Gasteiger partial charge in [0.1, 0.15) is 0 Å². The Morgan fingerprint density at radius 2 is 2.21 bits per heavy atom. The summed E-state index contributed by atoms with van der Waals surface area (Å²) in [4.78, 5) is 2.34. The quantitative estimate of drug-likeness (QED) is 0.379. The highest BCUT2D eigenvalue weighted by molar-refractivity contribution is 6.34. The molecule has 1 saturated heterocycles. The van der Waals surface area contributed by atoms with E-state index in [0.29, 0.717) is 16.0 Å². The first-order valence-electron chi connectivity index (χ1n) is 6.45. The van der Waals surface area contributed by atoms with Crippen LogP contribution >= 0.6 is 11.6 Å². The summed E-state index contributed by atoms with van der Waals surface area (Å²) in [6, 6.07) is 5.66. The van der Waals surface area contributed by atoms with Crippen molar-refractivity contribution >= 4 is 23.1 Å². The van der Waals surface area contributed by atoms with E-state index in [1.165, 1.54) is 12.8 Å². The molecular formula is C14H20ClN3O. The second-order valence-electron chi connectivity index (χ2n) is 5.84. The van der Waals surface area contributed by atoms with E-state index in [4.69, 9.17) is 22.5 Å². The molecule has 1 aromatic carbocycles. The second kappa shape index (κ2) is 5.29. The second-order valence-corrected chi connectivity index (χ2v) is 6.25. The Morgan fingerprint density at radius 1 is 1.47 bits per heavy atom. The lowest BCUT2D eigenvalue weighted by molar-refractivity contribution is 0.293. The Labute approximate surface area is 118 Å². The number of nitrogens with two attached hydrogens (primary N) is 1. The van der Waals surface area contributed by atoms with Crippen molar-refractivity contribution in [3.63, 3.8) is 0 Å². The Hall–Kier alpha value is -1.42. The first kappa shape index (κ1) is 14.0. The van der Waals surface area contributed by atoms with Gasteiger partial charge < -0.3 is 15.8 Å². The Balaban J connectivity index is 2.25. The number of anilines is 1. The molecule has 1 aliphatic rings. The fourth-order valence-electron chi connectivity index (χ4n) is 2.61. The third-order valence-electron chi connectivity index (χ3n) is 3.60. The van der Waals surface area contributed by atoms with Crippen molar-refractivity contribution < 1.29 is 5.21 Å². The van der Waals surface area contributed by atoms with Crippen LogP contribution in [0.3, 0.4) is 0 Å².